The first-order valence-electron chi connectivity index (χ1n) is 6.37. The average molecular weight is 298 g/mol. The van der Waals surface area contributed by atoms with Crippen LogP contribution in [0, 0.1) is 0 Å². The van der Waals surface area contributed by atoms with Crippen LogP contribution < -0.4 is 4.90 Å². The normalized spacial score (nSPS) is 21.9. The number of anilines is 1. The lowest BCUT2D eigenvalue weighted by atomic mass is 10.1. The molecule has 0 amide bonds. The van der Waals surface area contributed by atoms with E-state index in [2.05, 4.69) is 33.8 Å². The summed E-state index contributed by atoms with van der Waals surface area (Å²) < 4.78 is 1.09. The number of nitrogens with zero attached hydrogens (tertiary/aromatic N) is 1. The summed E-state index contributed by atoms with van der Waals surface area (Å²) in [6, 6.07) is 6.85. The highest BCUT2D eigenvalue weighted by molar-refractivity contribution is 9.10. The van der Waals surface area contributed by atoms with Crippen LogP contribution in [0.2, 0.25) is 0 Å². The minimum atomic E-state index is -0.402. The van der Waals surface area contributed by atoms with Crippen molar-refractivity contribution in [1.82, 2.24) is 0 Å². The molecule has 1 aliphatic heterocycles. The standard InChI is InChI=1S/C14H20BrNO/c1-3-12-5-4-8-16(12)14-7-6-11(10(2)17)9-13(14)15/h6-7,9-10,12,17H,3-5,8H2,1-2H3. The van der Waals surface area contributed by atoms with E-state index >= 15 is 0 Å². The van der Waals surface area contributed by atoms with Crippen molar-refractivity contribution in [3.8, 4) is 0 Å². The van der Waals surface area contributed by atoms with Gasteiger partial charge >= 0.3 is 0 Å². The molecule has 0 aromatic heterocycles. The zero-order valence-corrected chi connectivity index (χ0v) is 12.1. The molecule has 0 radical (unpaired) electrons. The minimum Gasteiger partial charge on any atom is -0.389 e. The zero-order chi connectivity index (χ0) is 12.4. The fraction of sp³-hybridized carbons (Fsp3) is 0.571. The van der Waals surface area contributed by atoms with Crippen molar-refractivity contribution in [2.24, 2.45) is 0 Å². The molecule has 1 N–H and O–H groups in total. The van der Waals surface area contributed by atoms with Gasteiger partial charge in [0.2, 0.25) is 0 Å². The molecule has 0 bridgehead atoms. The van der Waals surface area contributed by atoms with Crippen molar-refractivity contribution in [3.05, 3.63) is 28.2 Å². The third-order valence-corrected chi connectivity index (χ3v) is 4.25. The number of benzene rings is 1. The van der Waals surface area contributed by atoms with Crippen LogP contribution in [0.25, 0.3) is 0 Å². The number of rotatable bonds is 3. The Morgan fingerprint density at radius 1 is 1.53 bits per heavy atom. The monoisotopic (exact) mass is 297 g/mol. The third-order valence-electron chi connectivity index (χ3n) is 3.61. The van der Waals surface area contributed by atoms with E-state index in [0.29, 0.717) is 6.04 Å². The first-order valence-corrected chi connectivity index (χ1v) is 7.17. The molecule has 2 nitrogen and oxygen atoms in total. The van der Waals surface area contributed by atoms with Gasteiger partial charge < -0.3 is 10.0 Å². The Labute approximate surface area is 112 Å². The molecule has 2 unspecified atom stereocenters. The number of hydrogen-bond acceptors (Lipinski definition) is 2. The van der Waals surface area contributed by atoms with E-state index in [1.807, 2.05) is 12.1 Å². The Hall–Kier alpha value is -0.540. The summed E-state index contributed by atoms with van der Waals surface area (Å²) in [4.78, 5) is 2.48. The molecule has 3 heteroatoms. The Kier molecular flexibility index (Phi) is 4.10. The predicted octanol–water partition coefficient (Wildman–Crippen LogP) is 3.88. The summed E-state index contributed by atoms with van der Waals surface area (Å²) in [6.07, 6.45) is 3.37. The van der Waals surface area contributed by atoms with Gasteiger partial charge in [-0.25, -0.2) is 0 Å². The molecule has 0 aliphatic carbocycles. The van der Waals surface area contributed by atoms with Crippen LogP contribution >= 0.6 is 15.9 Å². The number of halogens is 1. The Balaban J connectivity index is 2.27. The largest absolute Gasteiger partial charge is 0.389 e. The maximum atomic E-state index is 9.57. The van der Waals surface area contributed by atoms with Crippen LogP contribution in [-0.4, -0.2) is 17.7 Å². The van der Waals surface area contributed by atoms with E-state index in [1.54, 1.807) is 6.92 Å². The lowest BCUT2D eigenvalue weighted by Gasteiger charge is -2.27. The van der Waals surface area contributed by atoms with Gasteiger partial charge in [0.25, 0.3) is 0 Å². The second-order valence-electron chi connectivity index (χ2n) is 4.78. The second-order valence-corrected chi connectivity index (χ2v) is 5.64. The van der Waals surface area contributed by atoms with Crippen LogP contribution in [-0.2, 0) is 0 Å². The molecule has 1 aromatic carbocycles. The molecule has 1 heterocycles. The zero-order valence-electron chi connectivity index (χ0n) is 10.5. The SMILES string of the molecule is CCC1CCCN1c1ccc(C(C)O)cc1Br. The van der Waals surface area contributed by atoms with Crippen molar-refractivity contribution in [2.45, 2.75) is 45.3 Å². The van der Waals surface area contributed by atoms with E-state index in [1.165, 1.54) is 24.9 Å². The lowest BCUT2D eigenvalue weighted by molar-refractivity contribution is 0.199. The Bertz CT molecular complexity index is 392. The van der Waals surface area contributed by atoms with Gasteiger partial charge in [-0.15, -0.1) is 0 Å². The van der Waals surface area contributed by atoms with Crippen LogP contribution in [0.3, 0.4) is 0 Å². The van der Waals surface area contributed by atoms with E-state index in [0.717, 1.165) is 16.6 Å². The molecule has 1 aliphatic rings. The van der Waals surface area contributed by atoms with Crippen molar-refractivity contribution in [2.75, 3.05) is 11.4 Å². The van der Waals surface area contributed by atoms with Crippen molar-refractivity contribution < 1.29 is 5.11 Å². The Morgan fingerprint density at radius 3 is 2.88 bits per heavy atom. The molecular weight excluding hydrogens is 278 g/mol. The molecule has 0 spiro atoms. The predicted molar refractivity (Wildman–Crippen MR) is 75.4 cm³/mol. The lowest BCUT2D eigenvalue weighted by Crippen LogP contribution is -2.28. The quantitative estimate of drug-likeness (QED) is 0.915. The van der Waals surface area contributed by atoms with Gasteiger partial charge in [-0.1, -0.05) is 13.0 Å². The number of aliphatic hydroxyl groups is 1. The smallest absolute Gasteiger partial charge is 0.0762 e. The van der Waals surface area contributed by atoms with Gasteiger partial charge in [0, 0.05) is 17.1 Å². The third kappa shape index (κ3) is 2.66. The molecule has 0 saturated carbocycles. The fourth-order valence-corrected chi connectivity index (χ4v) is 3.22. The summed E-state index contributed by atoms with van der Waals surface area (Å²) in [7, 11) is 0. The summed E-state index contributed by atoms with van der Waals surface area (Å²) in [5.41, 5.74) is 2.23. The fourth-order valence-electron chi connectivity index (χ4n) is 2.59. The molecule has 1 fully saturated rings. The van der Waals surface area contributed by atoms with Crippen LogP contribution in [0.5, 0.6) is 0 Å². The van der Waals surface area contributed by atoms with Gasteiger partial charge in [-0.05, 0) is 59.8 Å². The van der Waals surface area contributed by atoms with Crippen LogP contribution in [0.1, 0.15) is 44.8 Å². The minimum absolute atomic E-state index is 0.402. The van der Waals surface area contributed by atoms with E-state index in [-0.39, 0.29) is 0 Å². The maximum Gasteiger partial charge on any atom is 0.0762 e. The van der Waals surface area contributed by atoms with Crippen molar-refractivity contribution in [1.29, 1.82) is 0 Å². The summed E-state index contributed by atoms with van der Waals surface area (Å²) >= 11 is 3.63. The van der Waals surface area contributed by atoms with Gasteiger partial charge in [0.05, 0.1) is 11.8 Å². The highest BCUT2D eigenvalue weighted by Crippen LogP contribution is 2.34. The summed E-state index contributed by atoms with van der Waals surface area (Å²) in [5.74, 6) is 0. The van der Waals surface area contributed by atoms with Crippen molar-refractivity contribution >= 4 is 21.6 Å². The number of aliphatic hydroxyl groups excluding tert-OH is 1. The van der Waals surface area contributed by atoms with Gasteiger partial charge in [0.1, 0.15) is 0 Å². The molecule has 1 aromatic rings. The highest BCUT2D eigenvalue weighted by Gasteiger charge is 2.24. The molecule has 1 saturated heterocycles. The molecule has 2 rings (SSSR count). The van der Waals surface area contributed by atoms with Crippen LogP contribution in [0.15, 0.2) is 22.7 Å². The van der Waals surface area contributed by atoms with E-state index in [4.69, 9.17) is 0 Å². The topological polar surface area (TPSA) is 23.5 Å². The first kappa shape index (κ1) is 12.9. The molecule has 17 heavy (non-hydrogen) atoms. The number of hydrogen-bond donors (Lipinski definition) is 1. The van der Waals surface area contributed by atoms with E-state index < -0.39 is 6.10 Å². The highest BCUT2D eigenvalue weighted by atomic mass is 79.9. The molecule has 94 valence electrons. The Morgan fingerprint density at radius 2 is 2.29 bits per heavy atom. The van der Waals surface area contributed by atoms with Gasteiger partial charge in [-0.2, -0.15) is 0 Å². The first-order chi connectivity index (χ1) is 8.13. The van der Waals surface area contributed by atoms with Crippen molar-refractivity contribution in [3.63, 3.8) is 0 Å². The van der Waals surface area contributed by atoms with Crippen LogP contribution in [0.4, 0.5) is 5.69 Å². The summed E-state index contributed by atoms with van der Waals surface area (Å²) in [6.45, 7) is 5.19. The molecule has 2 atom stereocenters. The summed E-state index contributed by atoms with van der Waals surface area (Å²) in [5, 5.41) is 9.57. The average Bonchev–Trinajstić information content (AvgIpc) is 2.76. The van der Waals surface area contributed by atoms with E-state index in [9.17, 15) is 5.11 Å². The van der Waals surface area contributed by atoms with Gasteiger partial charge in [0.15, 0.2) is 0 Å². The second kappa shape index (κ2) is 5.40. The van der Waals surface area contributed by atoms with Gasteiger partial charge in [-0.3, -0.25) is 0 Å². The maximum absolute atomic E-state index is 9.57. The molecular formula is C14H20BrNO.